The van der Waals surface area contributed by atoms with Gasteiger partial charge in [0.25, 0.3) is 5.96 Å². The zero-order valence-corrected chi connectivity index (χ0v) is 10.7. The van der Waals surface area contributed by atoms with Crippen LogP contribution in [0.1, 0.15) is 11.4 Å². The van der Waals surface area contributed by atoms with Crippen molar-refractivity contribution in [1.82, 2.24) is 9.97 Å². The normalized spacial score (nSPS) is 11.4. The molecule has 0 spiro atoms. The van der Waals surface area contributed by atoms with Gasteiger partial charge in [0.1, 0.15) is 5.82 Å². The predicted octanol–water partition coefficient (Wildman–Crippen LogP) is 0.371. The van der Waals surface area contributed by atoms with Gasteiger partial charge in [-0.15, -0.1) is 9.97 Å². The van der Waals surface area contributed by atoms with E-state index in [9.17, 15) is 4.39 Å². The monoisotopic (exact) mass is 260 g/mol. The summed E-state index contributed by atoms with van der Waals surface area (Å²) in [6.07, 6.45) is 0. The number of anilines is 1. The van der Waals surface area contributed by atoms with Crippen LogP contribution in [0.3, 0.4) is 0 Å². The fourth-order valence-corrected chi connectivity index (χ4v) is 1.66. The van der Waals surface area contributed by atoms with Gasteiger partial charge < -0.3 is 5.73 Å². The first-order valence-corrected chi connectivity index (χ1v) is 5.77. The largest absolute Gasteiger partial charge is 0.354 e. The van der Waals surface area contributed by atoms with Crippen molar-refractivity contribution in [3.8, 4) is 0 Å². The molecule has 1 aromatic heterocycles. The highest BCUT2D eigenvalue weighted by Crippen LogP contribution is 2.07. The predicted molar refractivity (Wildman–Crippen MR) is 71.3 cm³/mol. The van der Waals surface area contributed by atoms with Crippen molar-refractivity contribution in [1.29, 1.82) is 0 Å². The topological polar surface area (TPSA) is 77.8 Å². The smallest absolute Gasteiger partial charge is 0.322 e. The Bertz CT molecular complexity index is 604. The number of halogens is 1. The number of guanidine groups is 1. The Morgan fingerprint density at radius 1 is 1.21 bits per heavy atom. The van der Waals surface area contributed by atoms with Crippen molar-refractivity contribution in [2.45, 2.75) is 13.8 Å². The molecule has 0 bridgehead atoms. The lowest BCUT2D eigenvalue weighted by atomic mass is 10.3. The first-order chi connectivity index (χ1) is 9.02. The summed E-state index contributed by atoms with van der Waals surface area (Å²) in [6.45, 7) is 3.74. The van der Waals surface area contributed by atoms with Crippen LogP contribution in [0.2, 0.25) is 0 Å². The number of aromatic nitrogens is 2. The second-order valence-corrected chi connectivity index (χ2v) is 4.15. The molecule has 0 radical (unpaired) electrons. The third-order valence-corrected chi connectivity index (χ3v) is 2.33. The lowest BCUT2D eigenvalue weighted by Crippen LogP contribution is -2.72. The molecular formula is C13H15FN5+. The van der Waals surface area contributed by atoms with E-state index in [0.29, 0.717) is 11.6 Å². The average Bonchev–Trinajstić information content (AvgIpc) is 2.26. The zero-order valence-electron chi connectivity index (χ0n) is 10.7. The number of nitrogens with zero attached hydrogens (tertiary/aromatic N) is 2. The van der Waals surface area contributed by atoms with Gasteiger partial charge in [0.2, 0.25) is 0 Å². The highest BCUT2D eigenvalue weighted by molar-refractivity contribution is 5.88. The van der Waals surface area contributed by atoms with Crippen molar-refractivity contribution < 1.29 is 9.38 Å². The van der Waals surface area contributed by atoms with Gasteiger partial charge in [-0.1, -0.05) is 6.07 Å². The highest BCUT2D eigenvalue weighted by Gasteiger charge is 2.05. The summed E-state index contributed by atoms with van der Waals surface area (Å²) < 4.78 is 13.0. The van der Waals surface area contributed by atoms with Crippen LogP contribution in [0, 0.1) is 19.7 Å². The number of rotatable bonds is 2. The Morgan fingerprint density at radius 2 is 1.89 bits per heavy atom. The molecule has 0 aliphatic heterocycles. The summed E-state index contributed by atoms with van der Waals surface area (Å²) in [6, 6.07) is 7.87. The molecule has 19 heavy (non-hydrogen) atoms. The lowest BCUT2D eigenvalue weighted by molar-refractivity contribution is -0.365. The zero-order chi connectivity index (χ0) is 13.8. The van der Waals surface area contributed by atoms with Crippen molar-refractivity contribution in [3.63, 3.8) is 0 Å². The lowest BCUT2D eigenvalue weighted by Gasteiger charge is -2.01. The van der Waals surface area contributed by atoms with Crippen LogP contribution in [0.15, 0.2) is 30.3 Å². The minimum Gasteiger partial charge on any atom is -0.322 e. The van der Waals surface area contributed by atoms with Gasteiger partial charge in [-0.05, 0) is 26.0 Å². The average molecular weight is 260 g/mol. The first-order valence-electron chi connectivity index (χ1n) is 5.77. The number of hydrogen-bond acceptors (Lipinski definition) is 2. The minimum atomic E-state index is -0.333. The second kappa shape index (κ2) is 5.43. The van der Waals surface area contributed by atoms with Crippen molar-refractivity contribution in [2.75, 3.05) is 5.32 Å². The molecule has 6 heteroatoms. The van der Waals surface area contributed by atoms with Gasteiger partial charge in [-0.25, -0.2) is 9.38 Å². The molecule has 0 unspecified atom stereocenters. The van der Waals surface area contributed by atoms with E-state index in [1.165, 1.54) is 12.1 Å². The molecule has 1 heterocycles. The van der Waals surface area contributed by atoms with Gasteiger partial charge in [0.05, 0.1) is 17.1 Å². The molecule has 0 saturated carbocycles. The van der Waals surface area contributed by atoms with Crippen molar-refractivity contribution >= 4 is 17.6 Å². The molecular weight excluding hydrogens is 245 g/mol. The number of benzene rings is 1. The summed E-state index contributed by atoms with van der Waals surface area (Å²) in [5.41, 5.74) is 8.01. The maximum absolute atomic E-state index is 13.0. The number of hydrogen-bond donors (Lipinski definition) is 3. The Hall–Kier alpha value is -2.50. The molecule has 1 aromatic carbocycles. The highest BCUT2D eigenvalue weighted by atomic mass is 19.1. The molecule has 2 aromatic rings. The minimum absolute atomic E-state index is 0.232. The molecule has 4 N–H and O–H groups in total. The summed E-state index contributed by atoms with van der Waals surface area (Å²) >= 11 is 0. The van der Waals surface area contributed by atoms with Crippen LogP contribution in [0.4, 0.5) is 16.0 Å². The van der Waals surface area contributed by atoms with E-state index in [2.05, 4.69) is 20.3 Å². The van der Waals surface area contributed by atoms with E-state index in [4.69, 9.17) is 5.73 Å². The van der Waals surface area contributed by atoms with E-state index < -0.39 is 0 Å². The molecule has 0 fully saturated rings. The summed E-state index contributed by atoms with van der Waals surface area (Å²) in [4.78, 5) is 11.2. The van der Waals surface area contributed by atoms with Gasteiger partial charge in [0.15, 0.2) is 0 Å². The van der Waals surface area contributed by atoms with Gasteiger partial charge >= 0.3 is 5.95 Å². The van der Waals surface area contributed by atoms with Crippen molar-refractivity contribution in [2.24, 2.45) is 5.73 Å². The van der Waals surface area contributed by atoms with E-state index in [0.717, 1.165) is 11.4 Å². The Kier molecular flexibility index (Phi) is 3.70. The molecule has 0 atom stereocenters. The van der Waals surface area contributed by atoms with Gasteiger partial charge in [0, 0.05) is 12.1 Å². The SMILES string of the molecule is Cc1cc(C)nc([NH+]=C(N)Nc2cccc(F)c2)n1. The summed E-state index contributed by atoms with van der Waals surface area (Å²) in [5, 5.41) is 2.83. The standard InChI is InChI=1S/C13H14FN5/c1-8-6-9(2)17-13(16-8)19-12(15)18-11-5-3-4-10(14)7-11/h3-7H,1-2H3,(H3,15,16,17,18,19)/p+1. The third-order valence-electron chi connectivity index (χ3n) is 2.33. The first kappa shape index (κ1) is 12.9. The third kappa shape index (κ3) is 3.74. The number of nitrogens with two attached hydrogens (primary N) is 1. The molecule has 0 saturated heterocycles. The van der Waals surface area contributed by atoms with Crippen LogP contribution in [0.25, 0.3) is 0 Å². The van der Waals surface area contributed by atoms with Crippen LogP contribution in [-0.2, 0) is 0 Å². The fraction of sp³-hybridized carbons (Fsp3) is 0.154. The number of aryl methyl sites for hydroxylation is 2. The molecule has 0 aliphatic carbocycles. The Morgan fingerprint density at radius 3 is 2.53 bits per heavy atom. The molecule has 5 nitrogen and oxygen atoms in total. The van der Waals surface area contributed by atoms with E-state index >= 15 is 0 Å². The van der Waals surface area contributed by atoms with Crippen LogP contribution in [-0.4, -0.2) is 15.9 Å². The van der Waals surface area contributed by atoms with Crippen molar-refractivity contribution in [3.05, 3.63) is 47.5 Å². The van der Waals surface area contributed by atoms with Gasteiger partial charge in [-0.2, -0.15) is 0 Å². The van der Waals surface area contributed by atoms with E-state index in [1.807, 2.05) is 19.9 Å². The molecule has 2 rings (SSSR count). The second-order valence-electron chi connectivity index (χ2n) is 4.15. The maximum Gasteiger partial charge on any atom is 0.354 e. The summed E-state index contributed by atoms with van der Waals surface area (Å²) in [7, 11) is 0. The number of nitrogens with one attached hydrogen (secondary N) is 2. The van der Waals surface area contributed by atoms with Gasteiger partial charge in [-0.3, -0.25) is 5.32 Å². The summed E-state index contributed by atoms with van der Waals surface area (Å²) in [5.74, 6) is 0.301. The fourth-order valence-electron chi connectivity index (χ4n) is 1.66. The molecule has 0 amide bonds. The van der Waals surface area contributed by atoms with Crippen LogP contribution < -0.4 is 16.0 Å². The quantitative estimate of drug-likeness (QED) is 0.538. The van der Waals surface area contributed by atoms with E-state index in [-0.39, 0.29) is 11.8 Å². The molecule has 98 valence electrons. The Balaban J connectivity index is 2.19. The Labute approximate surface area is 110 Å². The van der Waals surface area contributed by atoms with Crippen LogP contribution in [0.5, 0.6) is 0 Å². The van der Waals surface area contributed by atoms with Crippen LogP contribution >= 0.6 is 0 Å². The molecule has 0 aliphatic rings. The maximum atomic E-state index is 13.0. The van der Waals surface area contributed by atoms with E-state index in [1.54, 1.807) is 12.1 Å².